The van der Waals surface area contributed by atoms with Crippen LogP contribution in [0.4, 0.5) is 17.6 Å². The van der Waals surface area contributed by atoms with E-state index in [1.54, 1.807) is 24.3 Å². The summed E-state index contributed by atoms with van der Waals surface area (Å²) >= 11 is 0. The lowest BCUT2D eigenvalue weighted by Crippen LogP contribution is -2.25. The zero-order chi connectivity index (χ0) is 21.8. The van der Waals surface area contributed by atoms with E-state index in [1.165, 1.54) is 10.9 Å². The van der Waals surface area contributed by atoms with Gasteiger partial charge in [-0.2, -0.15) is 15.0 Å². The van der Waals surface area contributed by atoms with E-state index in [0.29, 0.717) is 10.9 Å². The highest BCUT2D eigenvalue weighted by Gasteiger charge is 2.11. The number of hydrogen-bond donors (Lipinski definition) is 2. The summed E-state index contributed by atoms with van der Waals surface area (Å²) in [7, 11) is 0. The Morgan fingerprint density at radius 1 is 1.10 bits per heavy atom. The van der Waals surface area contributed by atoms with Crippen LogP contribution in [0.1, 0.15) is 11.4 Å². The monoisotopic (exact) mass is 417 g/mol. The Morgan fingerprint density at radius 3 is 2.68 bits per heavy atom. The van der Waals surface area contributed by atoms with Gasteiger partial charge in [0.25, 0.3) is 5.56 Å². The highest BCUT2D eigenvalue weighted by atomic mass is 16.5. The third-order valence-electron chi connectivity index (χ3n) is 4.40. The quantitative estimate of drug-likeness (QED) is 0.451. The van der Waals surface area contributed by atoms with Crippen LogP contribution in [0.2, 0.25) is 0 Å². The van der Waals surface area contributed by atoms with Crippen molar-refractivity contribution in [2.24, 2.45) is 0 Å². The van der Waals surface area contributed by atoms with Crippen LogP contribution in [0.3, 0.4) is 0 Å². The first-order valence-corrected chi connectivity index (χ1v) is 9.42. The van der Waals surface area contributed by atoms with Crippen molar-refractivity contribution in [2.75, 3.05) is 11.1 Å². The number of aryl methyl sites for hydroxylation is 1. The highest BCUT2D eigenvalue weighted by Crippen LogP contribution is 2.14. The molecule has 0 aliphatic carbocycles. The molecule has 0 radical (unpaired) electrons. The molecule has 3 N–H and O–H groups in total. The molecule has 0 saturated carbocycles. The fourth-order valence-corrected chi connectivity index (χ4v) is 2.87. The Morgan fingerprint density at radius 2 is 1.87 bits per heavy atom. The topological polar surface area (TPSA) is 138 Å². The van der Waals surface area contributed by atoms with Crippen LogP contribution < -0.4 is 16.6 Å². The molecular weight excluding hydrogens is 398 g/mol. The van der Waals surface area contributed by atoms with Crippen molar-refractivity contribution >= 4 is 34.5 Å². The molecule has 31 heavy (non-hydrogen) atoms. The summed E-state index contributed by atoms with van der Waals surface area (Å²) in [6, 6.07) is 14.6. The number of ether oxygens (including phenoxy) is 1. The largest absolute Gasteiger partial charge is 0.456 e. The summed E-state index contributed by atoms with van der Waals surface area (Å²) in [5.41, 5.74) is 7.88. The van der Waals surface area contributed by atoms with Crippen LogP contribution >= 0.6 is 0 Å². The van der Waals surface area contributed by atoms with Crippen LogP contribution in [0.15, 0.2) is 59.7 Å². The lowest BCUT2D eigenvalue weighted by molar-refractivity contribution is -0.146. The maximum Gasteiger partial charge on any atom is 0.326 e. The fraction of sp³-hybridized carbons (Fsp3) is 0.143. The van der Waals surface area contributed by atoms with Gasteiger partial charge in [0.05, 0.1) is 17.2 Å². The minimum absolute atomic E-state index is 0.00870. The highest BCUT2D eigenvalue weighted by molar-refractivity contribution is 5.77. The number of nitrogens with zero attached hydrogens (tertiary/aromatic N) is 5. The second-order valence-electron chi connectivity index (χ2n) is 6.78. The van der Waals surface area contributed by atoms with Crippen LogP contribution in [0, 0.1) is 6.92 Å². The van der Waals surface area contributed by atoms with Gasteiger partial charge in [-0.25, -0.2) is 4.98 Å². The van der Waals surface area contributed by atoms with Crippen molar-refractivity contribution in [3.8, 4) is 0 Å². The van der Waals surface area contributed by atoms with E-state index < -0.39 is 5.97 Å². The third-order valence-corrected chi connectivity index (χ3v) is 4.40. The molecule has 10 heteroatoms. The Labute approximate surface area is 176 Å². The van der Waals surface area contributed by atoms with Gasteiger partial charge in [0.2, 0.25) is 11.9 Å². The predicted molar refractivity (Wildman–Crippen MR) is 115 cm³/mol. The second kappa shape index (κ2) is 8.57. The lowest BCUT2D eigenvalue weighted by atomic mass is 10.2. The van der Waals surface area contributed by atoms with Gasteiger partial charge in [0.15, 0.2) is 12.4 Å². The summed E-state index contributed by atoms with van der Waals surface area (Å²) in [5.74, 6) is -0.228. The molecule has 4 rings (SSSR count). The van der Waals surface area contributed by atoms with Crippen molar-refractivity contribution in [1.82, 2.24) is 24.5 Å². The summed E-state index contributed by atoms with van der Waals surface area (Å²) in [4.78, 5) is 41.1. The molecule has 0 unspecified atom stereocenters. The Bertz CT molecular complexity index is 1300. The number of benzene rings is 2. The van der Waals surface area contributed by atoms with Crippen LogP contribution in [0.5, 0.6) is 0 Å². The summed E-state index contributed by atoms with van der Waals surface area (Å²) in [6.45, 7) is 1.48. The second-order valence-corrected chi connectivity index (χ2v) is 6.78. The number of carbonyl (C=O) groups excluding carboxylic acids is 1. The number of nitrogens with two attached hydrogens (primary N) is 1. The predicted octanol–water partition coefficient (Wildman–Crippen LogP) is 1.96. The average molecular weight is 417 g/mol. The molecule has 0 fully saturated rings. The smallest absolute Gasteiger partial charge is 0.326 e. The Hall–Kier alpha value is -4.34. The first-order chi connectivity index (χ1) is 15.0. The van der Waals surface area contributed by atoms with Gasteiger partial charge in [0.1, 0.15) is 6.54 Å². The molecule has 2 aromatic heterocycles. The zero-order valence-electron chi connectivity index (χ0n) is 16.6. The number of fused-ring (bicyclic) bond motifs is 1. The molecule has 0 atom stereocenters. The van der Waals surface area contributed by atoms with Gasteiger partial charge >= 0.3 is 5.97 Å². The Kier molecular flexibility index (Phi) is 5.52. The van der Waals surface area contributed by atoms with Crippen molar-refractivity contribution < 1.29 is 9.53 Å². The van der Waals surface area contributed by atoms with Gasteiger partial charge in [-0.3, -0.25) is 14.2 Å². The van der Waals surface area contributed by atoms with E-state index in [0.717, 1.165) is 11.3 Å². The number of anilines is 3. The first kappa shape index (κ1) is 20.0. The maximum atomic E-state index is 12.5. The number of rotatable bonds is 6. The van der Waals surface area contributed by atoms with E-state index in [1.807, 2.05) is 31.2 Å². The van der Waals surface area contributed by atoms with Crippen molar-refractivity contribution in [1.29, 1.82) is 0 Å². The van der Waals surface area contributed by atoms with Gasteiger partial charge in [-0.1, -0.05) is 29.8 Å². The summed E-state index contributed by atoms with van der Waals surface area (Å²) in [6.07, 6.45) is 1.32. The molecule has 0 aliphatic rings. The number of para-hydroxylation sites is 1. The summed E-state index contributed by atoms with van der Waals surface area (Å²) in [5, 5.41) is 3.45. The van der Waals surface area contributed by atoms with Gasteiger partial charge < -0.3 is 15.8 Å². The number of esters is 1. The molecule has 156 valence electrons. The molecule has 2 aromatic carbocycles. The van der Waals surface area contributed by atoms with Crippen molar-refractivity contribution in [3.05, 3.63) is 76.6 Å². The van der Waals surface area contributed by atoms with E-state index in [4.69, 9.17) is 10.5 Å². The lowest BCUT2D eigenvalue weighted by Gasteiger charge is -2.09. The van der Waals surface area contributed by atoms with Gasteiger partial charge in [0, 0.05) is 5.69 Å². The van der Waals surface area contributed by atoms with E-state index in [2.05, 4.69) is 25.3 Å². The van der Waals surface area contributed by atoms with E-state index in [9.17, 15) is 9.59 Å². The molecule has 0 aliphatic heterocycles. The molecule has 0 bridgehead atoms. The van der Waals surface area contributed by atoms with E-state index >= 15 is 0 Å². The standard InChI is InChI=1S/C21H19N7O3/c1-13-6-8-14(9-7-13)24-21-26-17(25-20(22)27-21)11-31-18(29)10-28-12-23-16-5-3-2-4-15(16)19(28)30/h2-9,12H,10-11H2,1H3,(H3,22,24,25,26,27). The fourth-order valence-electron chi connectivity index (χ4n) is 2.87. The summed E-state index contributed by atoms with van der Waals surface area (Å²) < 4.78 is 6.40. The van der Waals surface area contributed by atoms with E-state index in [-0.39, 0.29) is 36.4 Å². The molecular formula is C21H19N7O3. The molecule has 4 aromatic rings. The van der Waals surface area contributed by atoms with Crippen molar-refractivity contribution in [2.45, 2.75) is 20.1 Å². The molecule has 10 nitrogen and oxygen atoms in total. The van der Waals surface area contributed by atoms with Gasteiger partial charge in [-0.15, -0.1) is 0 Å². The van der Waals surface area contributed by atoms with Gasteiger partial charge in [-0.05, 0) is 31.2 Å². The number of nitrogens with one attached hydrogen (secondary N) is 1. The number of carbonyl (C=O) groups is 1. The van der Waals surface area contributed by atoms with Crippen molar-refractivity contribution in [3.63, 3.8) is 0 Å². The number of hydrogen-bond acceptors (Lipinski definition) is 9. The molecule has 0 saturated heterocycles. The molecule has 0 amide bonds. The number of aromatic nitrogens is 5. The molecule has 0 spiro atoms. The van der Waals surface area contributed by atoms with Crippen LogP contribution in [-0.4, -0.2) is 30.5 Å². The normalized spacial score (nSPS) is 10.7. The number of nitrogen functional groups attached to an aromatic ring is 1. The Balaban J connectivity index is 1.42. The molecule has 2 heterocycles. The maximum absolute atomic E-state index is 12.5. The average Bonchev–Trinajstić information content (AvgIpc) is 2.76. The van der Waals surface area contributed by atoms with Crippen LogP contribution in [-0.2, 0) is 22.7 Å². The minimum atomic E-state index is -0.633. The zero-order valence-corrected chi connectivity index (χ0v) is 16.6. The minimum Gasteiger partial charge on any atom is -0.456 e. The first-order valence-electron chi connectivity index (χ1n) is 9.42. The third kappa shape index (κ3) is 4.81. The van der Waals surface area contributed by atoms with Crippen LogP contribution in [0.25, 0.3) is 10.9 Å². The SMILES string of the molecule is Cc1ccc(Nc2nc(N)nc(COC(=O)Cn3cnc4ccccc4c3=O)n2)cc1.